The summed E-state index contributed by atoms with van der Waals surface area (Å²) in [5, 5.41) is 0.0563. The molecule has 0 aromatic carbocycles. The molecule has 2 aromatic rings. The van der Waals surface area contributed by atoms with Crippen LogP contribution in [0.15, 0.2) is 41.6 Å². The summed E-state index contributed by atoms with van der Waals surface area (Å²) in [4.78, 5) is 4.08. The minimum Gasteiger partial charge on any atom is -0.288 e. The Hall–Kier alpha value is -1.37. The van der Waals surface area contributed by atoms with Gasteiger partial charge in [0.1, 0.15) is 5.65 Å². The van der Waals surface area contributed by atoms with Crippen molar-refractivity contribution in [3.8, 4) is 0 Å². The molecule has 0 unspecified atom stereocenters. The topological polar surface area (TPSA) is 54.7 Å². The molecule has 0 radical (unpaired) electrons. The Labute approximate surface area is 116 Å². The molecule has 19 heavy (non-hydrogen) atoms. The second-order valence-corrected chi connectivity index (χ2v) is 6.47. The molecule has 0 amide bonds. The van der Waals surface area contributed by atoms with Crippen molar-refractivity contribution < 1.29 is 8.42 Å². The highest BCUT2D eigenvalue weighted by Crippen LogP contribution is 2.26. The van der Waals surface area contributed by atoms with Gasteiger partial charge < -0.3 is 0 Å². The normalized spacial score (nSPS) is 17.1. The fourth-order valence-electron chi connectivity index (χ4n) is 2.14. The summed E-state index contributed by atoms with van der Waals surface area (Å²) >= 11 is 6.02. The van der Waals surface area contributed by atoms with E-state index in [4.69, 9.17) is 11.6 Å². The molecule has 7 heteroatoms. The van der Waals surface area contributed by atoms with Gasteiger partial charge in [0.25, 0.3) is 10.0 Å². The van der Waals surface area contributed by atoms with Gasteiger partial charge in [0, 0.05) is 19.3 Å². The second-order valence-electron chi connectivity index (χ2n) is 4.26. The van der Waals surface area contributed by atoms with Crippen molar-refractivity contribution in [3.05, 3.63) is 41.7 Å². The smallest absolute Gasteiger partial charge is 0.262 e. The number of rotatable bonds is 2. The van der Waals surface area contributed by atoms with Crippen LogP contribution in [0.5, 0.6) is 0 Å². The fourth-order valence-corrected chi connectivity index (χ4v) is 4.14. The van der Waals surface area contributed by atoms with Crippen molar-refractivity contribution in [2.75, 3.05) is 13.1 Å². The van der Waals surface area contributed by atoms with Gasteiger partial charge in [0.2, 0.25) is 0 Å². The molecule has 0 bridgehead atoms. The first kappa shape index (κ1) is 12.7. The first-order valence-corrected chi connectivity index (χ1v) is 7.70. The number of sulfonamides is 1. The van der Waals surface area contributed by atoms with Crippen LogP contribution in [0, 0.1) is 0 Å². The van der Waals surface area contributed by atoms with Crippen LogP contribution in [-0.4, -0.2) is 35.2 Å². The highest BCUT2D eigenvalue weighted by molar-refractivity contribution is 7.89. The van der Waals surface area contributed by atoms with E-state index in [9.17, 15) is 8.42 Å². The monoisotopic (exact) mass is 297 g/mol. The Balaban J connectivity index is 2.18. The Morgan fingerprint density at radius 3 is 2.84 bits per heavy atom. The Morgan fingerprint density at radius 2 is 2.11 bits per heavy atom. The van der Waals surface area contributed by atoms with Crippen LogP contribution in [0.25, 0.3) is 5.65 Å². The maximum absolute atomic E-state index is 12.6. The lowest BCUT2D eigenvalue weighted by Crippen LogP contribution is -2.34. The molecule has 2 aromatic heterocycles. The number of imidazole rings is 1. The molecule has 0 spiro atoms. The number of aromatic nitrogens is 2. The third-order valence-corrected chi connectivity index (χ3v) is 5.32. The molecule has 3 rings (SSSR count). The first-order chi connectivity index (χ1) is 9.10. The van der Waals surface area contributed by atoms with Crippen LogP contribution in [0.3, 0.4) is 0 Å². The number of nitrogens with zero attached hydrogens (tertiary/aromatic N) is 3. The molecular weight excluding hydrogens is 286 g/mol. The van der Waals surface area contributed by atoms with Crippen LogP contribution in [-0.2, 0) is 10.0 Å². The van der Waals surface area contributed by atoms with Crippen LogP contribution in [0.2, 0.25) is 5.15 Å². The molecule has 0 aliphatic carbocycles. The molecular formula is C12H12ClN3O2S. The summed E-state index contributed by atoms with van der Waals surface area (Å²) < 4.78 is 28.2. The fraction of sp³-hybridized carbons (Fsp3) is 0.250. The SMILES string of the molecule is O=S(=O)(c1c(Cl)nc2ccccn12)N1CC=CCC1. The molecule has 0 N–H and O–H groups in total. The predicted molar refractivity (Wildman–Crippen MR) is 72.7 cm³/mol. The van der Waals surface area contributed by atoms with Crippen LogP contribution < -0.4 is 0 Å². The van der Waals surface area contributed by atoms with Crippen molar-refractivity contribution in [2.24, 2.45) is 0 Å². The summed E-state index contributed by atoms with van der Waals surface area (Å²) in [7, 11) is -3.63. The quantitative estimate of drug-likeness (QED) is 0.796. The van der Waals surface area contributed by atoms with Crippen molar-refractivity contribution in [1.82, 2.24) is 13.7 Å². The van der Waals surface area contributed by atoms with Gasteiger partial charge in [-0.3, -0.25) is 4.40 Å². The summed E-state index contributed by atoms with van der Waals surface area (Å²) in [6, 6.07) is 5.26. The van der Waals surface area contributed by atoms with E-state index >= 15 is 0 Å². The van der Waals surface area contributed by atoms with Crippen LogP contribution in [0.4, 0.5) is 0 Å². The van der Waals surface area contributed by atoms with E-state index in [-0.39, 0.29) is 10.2 Å². The standard InChI is InChI=1S/C12H12ClN3O2S/c13-11-12(16-9-5-2-6-10(16)14-11)19(17,18)15-7-3-1-4-8-15/h1-3,5-6,9H,4,7-8H2. The average Bonchev–Trinajstić information content (AvgIpc) is 2.76. The second kappa shape index (κ2) is 4.63. The maximum atomic E-state index is 12.6. The molecule has 1 aliphatic rings. The molecule has 3 heterocycles. The summed E-state index contributed by atoms with van der Waals surface area (Å²) in [5.74, 6) is 0. The van der Waals surface area contributed by atoms with E-state index in [2.05, 4.69) is 4.98 Å². The van der Waals surface area contributed by atoms with Gasteiger partial charge >= 0.3 is 0 Å². The third-order valence-electron chi connectivity index (χ3n) is 3.05. The Kier molecular flexibility index (Phi) is 3.08. The Morgan fingerprint density at radius 1 is 1.26 bits per heavy atom. The molecule has 5 nitrogen and oxygen atoms in total. The van der Waals surface area contributed by atoms with E-state index in [0.29, 0.717) is 25.2 Å². The van der Waals surface area contributed by atoms with Crippen molar-refractivity contribution in [1.29, 1.82) is 0 Å². The van der Waals surface area contributed by atoms with E-state index in [1.807, 2.05) is 12.2 Å². The summed E-state index contributed by atoms with van der Waals surface area (Å²) in [6.07, 6.45) is 6.19. The highest BCUT2D eigenvalue weighted by atomic mass is 35.5. The lowest BCUT2D eigenvalue weighted by Gasteiger charge is -2.22. The van der Waals surface area contributed by atoms with Gasteiger partial charge in [-0.2, -0.15) is 4.31 Å². The maximum Gasteiger partial charge on any atom is 0.262 e. The molecule has 0 saturated heterocycles. The van der Waals surface area contributed by atoms with Crippen molar-refractivity contribution in [3.63, 3.8) is 0 Å². The highest BCUT2D eigenvalue weighted by Gasteiger charge is 2.30. The van der Waals surface area contributed by atoms with E-state index in [1.165, 1.54) is 8.71 Å². The largest absolute Gasteiger partial charge is 0.288 e. The average molecular weight is 298 g/mol. The number of pyridine rings is 1. The van der Waals surface area contributed by atoms with E-state index in [0.717, 1.165) is 0 Å². The number of halogens is 1. The van der Waals surface area contributed by atoms with Gasteiger partial charge in [-0.15, -0.1) is 0 Å². The van der Waals surface area contributed by atoms with Crippen LogP contribution in [0.1, 0.15) is 6.42 Å². The Bertz CT molecular complexity index is 751. The number of hydrogen-bond acceptors (Lipinski definition) is 3. The summed E-state index contributed by atoms with van der Waals surface area (Å²) in [5.41, 5.74) is 0.527. The van der Waals surface area contributed by atoms with Crippen molar-refractivity contribution >= 4 is 27.3 Å². The van der Waals surface area contributed by atoms with Gasteiger partial charge in [-0.25, -0.2) is 13.4 Å². The zero-order valence-corrected chi connectivity index (χ0v) is 11.6. The zero-order chi connectivity index (χ0) is 13.5. The van der Waals surface area contributed by atoms with Gasteiger partial charge in [0.05, 0.1) is 0 Å². The zero-order valence-electron chi connectivity index (χ0n) is 10.0. The van der Waals surface area contributed by atoms with E-state index < -0.39 is 10.0 Å². The van der Waals surface area contributed by atoms with E-state index in [1.54, 1.807) is 24.4 Å². The molecule has 1 aliphatic heterocycles. The van der Waals surface area contributed by atoms with Gasteiger partial charge in [-0.05, 0) is 18.6 Å². The lowest BCUT2D eigenvalue weighted by atomic mass is 10.3. The van der Waals surface area contributed by atoms with Crippen molar-refractivity contribution in [2.45, 2.75) is 11.4 Å². The third kappa shape index (κ3) is 2.05. The summed E-state index contributed by atoms with van der Waals surface area (Å²) in [6.45, 7) is 0.841. The minimum absolute atomic E-state index is 0.0146. The first-order valence-electron chi connectivity index (χ1n) is 5.88. The van der Waals surface area contributed by atoms with Crippen LogP contribution >= 0.6 is 11.6 Å². The molecule has 100 valence electrons. The van der Waals surface area contributed by atoms with Gasteiger partial charge in [0.15, 0.2) is 10.2 Å². The number of fused-ring (bicyclic) bond motifs is 1. The lowest BCUT2D eigenvalue weighted by molar-refractivity contribution is 0.434. The molecule has 0 saturated carbocycles. The predicted octanol–water partition coefficient (Wildman–Crippen LogP) is 1.94. The van der Waals surface area contributed by atoms with Gasteiger partial charge in [-0.1, -0.05) is 29.8 Å². The minimum atomic E-state index is -3.63. The molecule has 0 fully saturated rings. The number of hydrogen-bond donors (Lipinski definition) is 0. The molecule has 0 atom stereocenters.